The molecule has 0 saturated carbocycles. The molecule has 0 saturated heterocycles. The summed E-state index contributed by atoms with van der Waals surface area (Å²) in [5, 5.41) is 2.81. The fraction of sp³-hybridized carbons (Fsp3) is 0.0816. The van der Waals surface area contributed by atoms with E-state index in [-0.39, 0.29) is 0 Å². The quantitative estimate of drug-likeness (QED) is 0.164. The van der Waals surface area contributed by atoms with Crippen molar-refractivity contribution in [3.05, 3.63) is 176 Å². The van der Waals surface area contributed by atoms with Crippen molar-refractivity contribution in [3.63, 3.8) is 0 Å². The Balaban J connectivity index is 1.28. The van der Waals surface area contributed by atoms with Gasteiger partial charge in [0.2, 0.25) is 0 Å². The summed E-state index contributed by atoms with van der Waals surface area (Å²) in [6, 6.07) is 63.0. The lowest BCUT2D eigenvalue weighted by atomic mass is 10.0. The molecular weight excluding hydrogens is 719 g/mol. The first-order valence-corrected chi connectivity index (χ1v) is 24.5. The number of hydrogen-bond donors (Lipinski definition) is 0. The molecule has 0 fully saturated rings. The van der Waals surface area contributed by atoms with Crippen molar-refractivity contribution in [2.75, 3.05) is 22.3 Å². The maximum atomic E-state index is 5.34. The van der Waals surface area contributed by atoms with Crippen molar-refractivity contribution >= 4 is 62.6 Å². The first-order chi connectivity index (χ1) is 27.3. The summed E-state index contributed by atoms with van der Waals surface area (Å²) >= 11 is 0. The van der Waals surface area contributed by atoms with Crippen LogP contribution in [0.2, 0.25) is 13.1 Å². The van der Waals surface area contributed by atoms with Gasteiger partial charge < -0.3 is 9.80 Å². The third-order valence-electron chi connectivity index (χ3n) is 11.4. The molecule has 0 aliphatic carbocycles. The first-order valence-electron chi connectivity index (χ1n) is 19.0. The van der Waals surface area contributed by atoms with Gasteiger partial charge in [0.25, 0.3) is 0 Å². The zero-order chi connectivity index (χ0) is 38.0. The molecule has 3 heterocycles. The normalized spacial score (nSPS) is 15.2. The van der Waals surface area contributed by atoms with Crippen molar-refractivity contribution in [2.45, 2.75) is 22.9 Å². The molecule has 0 amide bonds. The molecule has 0 radical (unpaired) electrons. The third kappa shape index (κ3) is 5.41. The summed E-state index contributed by atoms with van der Waals surface area (Å²) in [7, 11) is -3.29. The Morgan fingerprint density at radius 1 is 0.411 bits per heavy atom. The van der Waals surface area contributed by atoms with Gasteiger partial charge in [-0.25, -0.2) is 15.0 Å². The fourth-order valence-corrected chi connectivity index (χ4v) is 14.0. The van der Waals surface area contributed by atoms with Gasteiger partial charge in [-0.2, -0.15) is 10.0 Å². The molecule has 5 nitrogen and oxygen atoms in total. The topological polar surface area (TPSA) is 45.2 Å². The second-order valence-electron chi connectivity index (χ2n) is 15.3. The molecule has 2 aliphatic rings. The van der Waals surface area contributed by atoms with Crippen molar-refractivity contribution in [2.24, 2.45) is 0 Å². The average Bonchev–Trinajstić information content (AvgIpc) is 3.25. The van der Waals surface area contributed by atoms with E-state index in [2.05, 4.69) is 175 Å². The molecule has 272 valence electrons. The highest BCUT2D eigenvalue weighted by atomic mass is 32.3. The molecule has 0 N–H and O–H groups in total. The Morgan fingerprint density at radius 3 is 1.36 bits per heavy atom. The van der Waals surface area contributed by atoms with Crippen LogP contribution < -0.4 is 20.2 Å². The molecule has 7 aromatic carbocycles. The summed E-state index contributed by atoms with van der Waals surface area (Å²) in [4.78, 5) is 23.4. The minimum absolute atomic E-state index is 0.621. The fourth-order valence-electron chi connectivity index (χ4n) is 8.57. The van der Waals surface area contributed by atoms with Crippen molar-refractivity contribution in [1.82, 2.24) is 15.0 Å². The summed E-state index contributed by atoms with van der Waals surface area (Å²) in [6.45, 7) is 4.93. The molecular formula is C49H41N5SSi. The monoisotopic (exact) mass is 759 g/mol. The Labute approximate surface area is 331 Å². The Hall–Kier alpha value is -6.28. The van der Waals surface area contributed by atoms with Crippen LogP contribution in [0.1, 0.15) is 0 Å². The summed E-state index contributed by atoms with van der Waals surface area (Å²) in [5.74, 6) is 1.90. The number of rotatable bonds is 5. The van der Waals surface area contributed by atoms with Gasteiger partial charge in [-0.15, -0.1) is 0 Å². The van der Waals surface area contributed by atoms with E-state index in [0.717, 1.165) is 28.1 Å². The highest BCUT2D eigenvalue weighted by Crippen LogP contribution is 2.67. The van der Waals surface area contributed by atoms with Crippen molar-refractivity contribution in [3.8, 4) is 34.2 Å². The van der Waals surface area contributed by atoms with Crippen LogP contribution >= 0.6 is 10.0 Å². The van der Waals surface area contributed by atoms with E-state index in [1.807, 2.05) is 36.4 Å². The SMILES string of the molecule is C[Si]1(C)c2ccccc2N(c2ccc(N3c4ccccc4S(C)(C)c4ccccc43)cc2-c2nc(-c3ccccc3)nc(-c3ccccc3)n2)c2ccccc21. The Morgan fingerprint density at radius 2 is 0.839 bits per heavy atom. The lowest BCUT2D eigenvalue weighted by Gasteiger charge is -2.45. The first kappa shape index (κ1) is 34.2. The van der Waals surface area contributed by atoms with Gasteiger partial charge >= 0.3 is 0 Å². The van der Waals surface area contributed by atoms with Crippen LogP contribution in [0.5, 0.6) is 0 Å². The Bertz CT molecular complexity index is 2630. The zero-order valence-electron chi connectivity index (χ0n) is 31.9. The minimum Gasteiger partial charge on any atom is -0.310 e. The van der Waals surface area contributed by atoms with E-state index >= 15 is 0 Å². The maximum Gasteiger partial charge on any atom is 0.166 e. The van der Waals surface area contributed by atoms with E-state index in [1.165, 1.54) is 42.9 Å². The molecule has 0 unspecified atom stereocenters. The number of para-hydroxylation sites is 4. The summed E-state index contributed by atoms with van der Waals surface area (Å²) < 4.78 is 0. The van der Waals surface area contributed by atoms with E-state index in [9.17, 15) is 0 Å². The van der Waals surface area contributed by atoms with Crippen LogP contribution in [0.3, 0.4) is 0 Å². The van der Waals surface area contributed by atoms with E-state index in [1.54, 1.807) is 0 Å². The number of hydrogen-bond acceptors (Lipinski definition) is 5. The van der Waals surface area contributed by atoms with Gasteiger partial charge in [0.1, 0.15) is 8.07 Å². The van der Waals surface area contributed by atoms with Gasteiger partial charge in [-0.3, -0.25) is 0 Å². The third-order valence-corrected chi connectivity index (χ3v) is 17.8. The molecule has 8 aromatic rings. The maximum absolute atomic E-state index is 5.34. The molecule has 7 heteroatoms. The largest absolute Gasteiger partial charge is 0.310 e. The zero-order valence-corrected chi connectivity index (χ0v) is 33.7. The summed E-state index contributed by atoms with van der Waals surface area (Å²) in [5.41, 5.74) is 9.70. The van der Waals surface area contributed by atoms with E-state index < -0.39 is 18.1 Å². The lowest BCUT2D eigenvalue weighted by Crippen LogP contribution is -2.58. The highest BCUT2D eigenvalue weighted by Gasteiger charge is 2.40. The lowest BCUT2D eigenvalue weighted by molar-refractivity contribution is 1.07. The van der Waals surface area contributed by atoms with E-state index in [0.29, 0.717) is 17.5 Å². The van der Waals surface area contributed by atoms with Crippen LogP contribution in [0, 0.1) is 0 Å². The number of aromatic nitrogens is 3. The molecule has 0 bridgehead atoms. The van der Waals surface area contributed by atoms with Crippen LogP contribution in [0.15, 0.2) is 186 Å². The van der Waals surface area contributed by atoms with Gasteiger partial charge in [0.05, 0.1) is 17.1 Å². The molecule has 10 rings (SSSR count). The predicted octanol–water partition coefficient (Wildman–Crippen LogP) is 11.7. The van der Waals surface area contributed by atoms with Gasteiger partial charge in [0.15, 0.2) is 17.5 Å². The second-order valence-corrected chi connectivity index (χ2v) is 23.2. The van der Waals surface area contributed by atoms with Crippen LogP contribution in [-0.2, 0) is 0 Å². The summed E-state index contributed by atoms with van der Waals surface area (Å²) in [6.07, 6.45) is 4.82. The van der Waals surface area contributed by atoms with Crippen LogP contribution in [0.25, 0.3) is 34.2 Å². The highest BCUT2D eigenvalue weighted by molar-refractivity contribution is 8.33. The minimum atomic E-state index is -2.03. The second kappa shape index (κ2) is 13.2. The Kier molecular flexibility index (Phi) is 8.06. The molecule has 0 atom stereocenters. The van der Waals surface area contributed by atoms with Crippen LogP contribution in [0.4, 0.5) is 34.1 Å². The smallest absolute Gasteiger partial charge is 0.166 e. The molecule has 1 aromatic heterocycles. The van der Waals surface area contributed by atoms with Crippen LogP contribution in [-0.4, -0.2) is 35.5 Å². The van der Waals surface area contributed by atoms with Gasteiger partial charge in [-0.05, 0) is 77.5 Å². The average molecular weight is 760 g/mol. The van der Waals surface area contributed by atoms with Crippen molar-refractivity contribution < 1.29 is 0 Å². The van der Waals surface area contributed by atoms with E-state index in [4.69, 9.17) is 15.0 Å². The molecule has 56 heavy (non-hydrogen) atoms. The molecule has 2 aliphatic heterocycles. The molecule has 0 spiro atoms. The van der Waals surface area contributed by atoms with Gasteiger partial charge in [-0.1, -0.05) is 134 Å². The number of nitrogens with zero attached hydrogens (tertiary/aromatic N) is 5. The van der Waals surface area contributed by atoms with Gasteiger partial charge in [0, 0.05) is 43.5 Å². The standard InChI is InChI=1S/C49H41N5SSi/c1-55(2)43-27-15-11-23-39(43)53(40-24-12-16-28-44(40)55)36-31-32-38(54-41-25-13-17-29-45(41)56(3,4)46-30-18-14-26-42(46)54)37(33-36)49-51-47(34-19-7-5-8-20-34)50-48(52-49)35-21-9-6-10-22-35/h5-33H,1-4H3. The van der Waals surface area contributed by atoms with Crippen molar-refractivity contribution in [1.29, 1.82) is 0 Å². The number of benzene rings is 7. The number of anilines is 6. The predicted molar refractivity (Wildman–Crippen MR) is 238 cm³/mol. The number of fused-ring (bicyclic) bond motifs is 4.